The Hall–Kier alpha value is -1.44. The Morgan fingerprint density at radius 2 is 1.68 bits per heavy atom. The quantitative estimate of drug-likeness (QED) is 0.837. The molecule has 0 amide bonds. The zero-order valence-electron chi connectivity index (χ0n) is 13.8. The topological polar surface area (TPSA) is 58.6 Å². The third-order valence-electron chi connectivity index (χ3n) is 4.26. The highest BCUT2D eigenvalue weighted by Crippen LogP contribution is 2.24. The SMILES string of the molecule is O=S(=O)(NCC(c1ccccc1)N1CCOCC1)c1ccccc1Cl. The van der Waals surface area contributed by atoms with Crippen molar-refractivity contribution in [1.82, 2.24) is 9.62 Å². The van der Waals surface area contributed by atoms with Crippen LogP contribution in [0.3, 0.4) is 0 Å². The highest BCUT2D eigenvalue weighted by atomic mass is 35.5. The normalized spacial score (nSPS) is 17.3. The summed E-state index contributed by atoms with van der Waals surface area (Å²) in [6, 6.07) is 16.3. The number of hydrogen-bond donors (Lipinski definition) is 1. The van der Waals surface area contributed by atoms with Crippen molar-refractivity contribution in [3.05, 3.63) is 65.2 Å². The number of morpholine rings is 1. The molecule has 0 spiro atoms. The molecule has 1 unspecified atom stereocenters. The highest BCUT2D eigenvalue weighted by molar-refractivity contribution is 7.89. The largest absolute Gasteiger partial charge is 0.379 e. The Morgan fingerprint density at radius 1 is 1.04 bits per heavy atom. The molecule has 134 valence electrons. The van der Waals surface area contributed by atoms with Crippen LogP contribution in [0.4, 0.5) is 0 Å². The molecule has 1 saturated heterocycles. The highest BCUT2D eigenvalue weighted by Gasteiger charge is 2.25. The average molecular weight is 381 g/mol. The van der Waals surface area contributed by atoms with Crippen LogP contribution in [0.15, 0.2) is 59.5 Å². The summed E-state index contributed by atoms with van der Waals surface area (Å²) in [5.74, 6) is 0. The first-order chi connectivity index (χ1) is 12.1. The maximum Gasteiger partial charge on any atom is 0.242 e. The van der Waals surface area contributed by atoms with Gasteiger partial charge in [-0.3, -0.25) is 4.90 Å². The van der Waals surface area contributed by atoms with E-state index in [-0.39, 0.29) is 22.5 Å². The van der Waals surface area contributed by atoms with Gasteiger partial charge in [0.1, 0.15) is 4.90 Å². The predicted molar refractivity (Wildman–Crippen MR) is 98.2 cm³/mol. The fourth-order valence-corrected chi connectivity index (χ4v) is 4.51. The summed E-state index contributed by atoms with van der Waals surface area (Å²) in [6.07, 6.45) is 0. The first-order valence-electron chi connectivity index (χ1n) is 8.19. The van der Waals surface area contributed by atoms with Crippen LogP contribution in [0, 0.1) is 0 Å². The Labute approximate surface area is 153 Å². The number of sulfonamides is 1. The number of rotatable bonds is 6. The smallest absolute Gasteiger partial charge is 0.242 e. The minimum absolute atomic E-state index is 0.0534. The maximum absolute atomic E-state index is 12.6. The summed E-state index contributed by atoms with van der Waals surface area (Å²) >= 11 is 6.04. The van der Waals surface area contributed by atoms with Crippen molar-refractivity contribution in [3.63, 3.8) is 0 Å². The molecule has 2 aromatic rings. The predicted octanol–water partition coefficient (Wildman–Crippen LogP) is 2.69. The summed E-state index contributed by atoms with van der Waals surface area (Å²) < 4.78 is 33.4. The molecule has 25 heavy (non-hydrogen) atoms. The molecule has 0 radical (unpaired) electrons. The first kappa shape index (κ1) is 18.4. The number of halogens is 1. The average Bonchev–Trinajstić information content (AvgIpc) is 2.64. The van der Waals surface area contributed by atoms with Gasteiger partial charge in [0.25, 0.3) is 0 Å². The molecule has 3 rings (SSSR count). The lowest BCUT2D eigenvalue weighted by atomic mass is 10.1. The fourth-order valence-electron chi connectivity index (χ4n) is 2.95. The van der Waals surface area contributed by atoms with E-state index in [1.54, 1.807) is 18.2 Å². The zero-order chi connectivity index (χ0) is 17.7. The van der Waals surface area contributed by atoms with Crippen LogP contribution in [0.1, 0.15) is 11.6 Å². The van der Waals surface area contributed by atoms with Gasteiger partial charge in [0.2, 0.25) is 10.0 Å². The lowest BCUT2D eigenvalue weighted by Crippen LogP contribution is -2.43. The van der Waals surface area contributed by atoms with Crippen molar-refractivity contribution < 1.29 is 13.2 Å². The zero-order valence-corrected chi connectivity index (χ0v) is 15.3. The van der Waals surface area contributed by atoms with Gasteiger partial charge in [0.15, 0.2) is 0 Å². The number of nitrogens with zero attached hydrogens (tertiary/aromatic N) is 1. The summed E-state index contributed by atoms with van der Waals surface area (Å²) in [4.78, 5) is 2.35. The molecule has 5 nitrogen and oxygen atoms in total. The van der Waals surface area contributed by atoms with Crippen molar-refractivity contribution >= 4 is 21.6 Å². The second-order valence-corrected chi connectivity index (χ2v) is 8.00. The van der Waals surface area contributed by atoms with Gasteiger partial charge in [-0.15, -0.1) is 0 Å². The molecule has 0 aliphatic carbocycles. The van der Waals surface area contributed by atoms with Gasteiger partial charge in [0.05, 0.1) is 18.2 Å². The number of ether oxygens (including phenoxy) is 1. The Balaban J connectivity index is 1.80. The van der Waals surface area contributed by atoms with Crippen LogP contribution in [-0.4, -0.2) is 46.2 Å². The van der Waals surface area contributed by atoms with Crippen LogP contribution in [-0.2, 0) is 14.8 Å². The van der Waals surface area contributed by atoms with Crippen LogP contribution >= 0.6 is 11.6 Å². The van der Waals surface area contributed by atoms with Gasteiger partial charge in [-0.05, 0) is 17.7 Å². The second-order valence-electron chi connectivity index (χ2n) is 5.86. The minimum Gasteiger partial charge on any atom is -0.379 e. The maximum atomic E-state index is 12.6. The van der Waals surface area contributed by atoms with Gasteiger partial charge in [-0.1, -0.05) is 54.1 Å². The van der Waals surface area contributed by atoms with Crippen molar-refractivity contribution in [2.24, 2.45) is 0 Å². The molecule has 1 N–H and O–H groups in total. The van der Waals surface area contributed by atoms with E-state index in [1.807, 2.05) is 30.3 Å². The van der Waals surface area contributed by atoms with Gasteiger partial charge in [-0.25, -0.2) is 13.1 Å². The summed E-state index contributed by atoms with van der Waals surface area (Å²) in [5.41, 5.74) is 1.08. The van der Waals surface area contributed by atoms with Crippen LogP contribution in [0.2, 0.25) is 5.02 Å². The van der Waals surface area contributed by atoms with E-state index < -0.39 is 10.0 Å². The minimum atomic E-state index is -3.67. The molecule has 1 aliphatic rings. The van der Waals surface area contributed by atoms with E-state index in [9.17, 15) is 8.42 Å². The van der Waals surface area contributed by atoms with Crippen LogP contribution in [0.25, 0.3) is 0 Å². The third kappa shape index (κ3) is 4.59. The molecular formula is C18H21ClN2O3S. The Morgan fingerprint density at radius 3 is 2.36 bits per heavy atom. The molecule has 0 bridgehead atoms. The van der Waals surface area contributed by atoms with Crippen molar-refractivity contribution in [2.45, 2.75) is 10.9 Å². The van der Waals surface area contributed by atoms with Crippen molar-refractivity contribution in [1.29, 1.82) is 0 Å². The van der Waals surface area contributed by atoms with Gasteiger partial charge >= 0.3 is 0 Å². The summed E-state index contributed by atoms with van der Waals surface area (Å²) in [6.45, 7) is 3.12. The van der Waals surface area contributed by atoms with E-state index in [1.165, 1.54) is 6.07 Å². The standard InChI is InChI=1S/C18H21ClN2O3S/c19-16-8-4-5-9-18(16)25(22,23)20-14-17(15-6-2-1-3-7-15)21-10-12-24-13-11-21/h1-9,17,20H,10-14H2. The van der Waals surface area contributed by atoms with Gasteiger partial charge in [-0.2, -0.15) is 0 Å². The molecule has 0 saturated carbocycles. The molecule has 2 aromatic carbocycles. The van der Waals surface area contributed by atoms with E-state index in [2.05, 4.69) is 9.62 Å². The molecule has 1 atom stereocenters. The molecule has 0 aromatic heterocycles. The van der Waals surface area contributed by atoms with E-state index >= 15 is 0 Å². The Kier molecular flexibility index (Phi) is 6.09. The monoisotopic (exact) mass is 380 g/mol. The first-order valence-corrected chi connectivity index (χ1v) is 10.0. The lowest BCUT2D eigenvalue weighted by Gasteiger charge is -2.34. The molecule has 1 fully saturated rings. The molecule has 7 heteroatoms. The van der Waals surface area contributed by atoms with E-state index in [4.69, 9.17) is 16.3 Å². The number of benzene rings is 2. The van der Waals surface area contributed by atoms with E-state index in [0.717, 1.165) is 18.7 Å². The van der Waals surface area contributed by atoms with E-state index in [0.29, 0.717) is 13.2 Å². The molecule has 1 heterocycles. The van der Waals surface area contributed by atoms with Gasteiger partial charge in [0, 0.05) is 25.7 Å². The van der Waals surface area contributed by atoms with Crippen molar-refractivity contribution in [3.8, 4) is 0 Å². The van der Waals surface area contributed by atoms with Crippen LogP contribution in [0.5, 0.6) is 0 Å². The number of hydrogen-bond acceptors (Lipinski definition) is 4. The lowest BCUT2D eigenvalue weighted by molar-refractivity contribution is 0.0172. The number of nitrogens with one attached hydrogen (secondary N) is 1. The third-order valence-corrected chi connectivity index (χ3v) is 6.19. The summed E-state index contributed by atoms with van der Waals surface area (Å²) in [7, 11) is -3.67. The van der Waals surface area contributed by atoms with Gasteiger partial charge < -0.3 is 4.74 Å². The molecule has 1 aliphatic heterocycles. The molecular weight excluding hydrogens is 360 g/mol. The van der Waals surface area contributed by atoms with Crippen molar-refractivity contribution in [2.75, 3.05) is 32.8 Å². The van der Waals surface area contributed by atoms with Crippen LogP contribution < -0.4 is 4.72 Å². The summed E-state index contributed by atoms with van der Waals surface area (Å²) in [5, 5.41) is 0.220. The second kappa shape index (κ2) is 8.29. The Bertz CT molecular complexity index is 793. The fraction of sp³-hybridized carbons (Fsp3) is 0.333.